The Balaban J connectivity index is 1.88. The van der Waals surface area contributed by atoms with Gasteiger partial charge in [-0.3, -0.25) is 4.79 Å². The number of amides is 3. The van der Waals surface area contributed by atoms with E-state index in [9.17, 15) is 18.8 Å². The highest BCUT2D eigenvalue weighted by molar-refractivity contribution is 8.16. The molecule has 2 aliphatic heterocycles. The van der Waals surface area contributed by atoms with Crippen LogP contribution in [-0.4, -0.2) is 75.3 Å². The minimum absolute atomic E-state index is 0.0352. The Hall–Kier alpha value is -2.93. The lowest BCUT2D eigenvalue weighted by molar-refractivity contribution is -0.136. The van der Waals surface area contributed by atoms with Crippen molar-refractivity contribution < 1.29 is 37.4 Å². The second-order valence-electron chi connectivity index (χ2n) is 12.4. The van der Waals surface area contributed by atoms with Gasteiger partial charge in [0, 0.05) is 30.3 Å². The van der Waals surface area contributed by atoms with Crippen LogP contribution in [0.4, 0.5) is 24.1 Å². The molecular weight excluding hydrogens is 546 g/mol. The van der Waals surface area contributed by atoms with Crippen LogP contribution in [0.2, 0.25) is 0 Å². The van der Waals surface area contributed by atoms with Gasteiger partial charge in [-0.05, 0) is 67.0 Å². The molecule has 13 heteroatoms. The number of hydrogen-bond acceptors (Lipinski definition) is 9. The summed E-state index contributed by atoms with van der Waals surface area (Å²) in [4.78, 5) is 47.8. The summed E-state index contributed by atoms with van der Waals surface area (Å²) in [5.74, 6) is -3.19. The number of nitrogens with two attached hydrogens (primary N) is 1. The predicted octanol–water partition coefficient (Wildman–Crippen LogP) is 4.65. The van der Waals surface area contributed by atoms with Gasteiger partial charge in [-0.25, -0.2) is 23.4 Å². The molecule has 1 saturated carbocycles. The lowest BCUT2D eigenvalue weighted by atomic mass is 9.85. The van der Waals surface area contributed by atoms with E-state index >= 15 is 4.39 Å². The highest BCUT2D eigenvalue weighted by Crippen LogP contribution is 2.67. The summed E-state index contributed by atoms with van der Waals surface area (Å²) in [6, 6.07) is 2.13. The number of thioether (sulfide) groups is 1. The molecule has 0 radical (unpaired) electrons. The highest BCUT2D eigenvalue weighted by atomic mass is 32.2. The standard InChI is InChI=1S/C27H36F2N4O6S/c1-24(2,3)38-22(35)33(23(36)39-25(4,5)6)21-31-26(7,16-12-15(30)13-17(28)19(16)29)18-14-27(18,40-21)20(34)32-8-10-37-11-9-32/h12-13,18H,8-11,14,30H2,1-7H3/t18?,26-,27+/m1/s1. The first-order chi connectivity index (χ1) is 18.4. The number of amidine groups is 1. The number of benzene rings is 1. The molecule has 1 aromatic rings. The van der Waals surface area contributed by atoms with E-state index in [-0.39, 0.29) is 28.7 Å². The predicted molar refractivity (Wildman–Crippen MR) is 146 cm³/mol. The van der Waals surface area contributed by atoms with Gasteiger partial charge in [0.15, 0.2) is 16.8 Å². The average molecular weight is 583 g/mol. The van der Waals surface area contributed by atoms with Crippen LogP contribution >= 0.6 is 11.8 Å². The number of morpholine rings is 1. The molecule has 3 amide bonds. The van der Waals surface area contributed by atoms with Crippen LogP contribution in [0.3, 0.4) is 0 Å². The minimum atomic E-state index is -1.56. The first-order valence-corrected chi connectivity index (χ1v) is 13.9. The second kappa shape index (κ2) is 10.2. The normalized spacial score (nSPS) is 26.4. The maximum absolute atomic E-state index is 15.4. The molecule has 0 aromatic heterocycles. The van der Waals surface area contributed by atoms with Crippen LogP contribution < -0.4 is 5.73 Å². The summed E-state index contributed by atoms with van der Waals surface area (Å²) in [6.07, 6.45) is -1.92. The Bertz CT molecular complexity index is 1230. The number of ether oxygens (including phenoxy) is 3. The fourth-order valence-corrected chi connectivity index (χ4v) is 6.59. The zero-order valence-electron chi connectivity index (χ0n) is 23.8. The smallest absolute Gasteiger partial charge is 0.426 e. The lowest BCUT2D eigenvalue weighted by Crippen LogP contribution is -2.53. The SMILES string of the molecule is CC(C)(C)OC(=O)N(C(=O)OC(C)(C)C)C1=N[C@](C)(c2cc(N)cc(F)c2F)C2C[C@]2(C(=O)N2CCOCC2)S1. The summed E-state index contributed by atoms with van der Waals surface area (Å²) in [7, 11) is 0. The number of aliphatic imine (C=N–C) groups is 1. The summed E-state index contributed by atoms with van der Waals surface area (Å²) in [5.41, 5.74) is 2.12. The largest absolute Gasteiger partial charge is 0.443 e. The highest BCUT2D eigenvalue weighted by Gasteiger charge is 2.72. The third-order valence-electron chi connectivity index (χ3n) is 6.79. The number of imide groups is 1. The van der Waals surface area contributed by atoms with Gasteiger partial charge in [0.25, 0.3) is 0 Å². The fourth-order valence-electron chi connectivity index (χ4n) is 4.95. The third kappa shape index (κ3) is 5.76. The van der Waals surface area contributed by atoms with Gasteiger partial charge in [-0.15, -0.1) is 0 Å². The molecule has 0 bridgehead atoms. The maximum Gasteiger partial charge on any atom is 0.426 e. The van der Waals surface area contributed by atoms with Crippen LogP contribution in [0.15, 0.2) is 17.1 Å². The number of carbonyl (C=O) groups excluding carboxylic acids is 3. The molecule has 2 fully saturated rings. The van der Waals surface area contributed by atoms with Crippen LogP contribution in [0.5, 0.6) is 0 Å². The Labute approximate surface area is 236 Å². The molecule has 2 N–H and O–H groups in total. The summed E-state index contributed by atoms with van der Waals surface area (Å²) in [6.45, 7) is 12.7. The molecule has 1 saturated heterocycles. The molecule has 1 aliphatic carbocycles. The van der Waals surface area contributed by atoms with E-state index in [1.807, 2.05) is 0 Å². The second-order valence-corrected chi connectivity index (χ2v) is 13.7. The van der Waals surface area contributed by atoms with Gasteiger partial charge in [-0.1, -0.05) is 11.8 Å². The number of nitrogen functional groups attached to an aromatic ring is 1. The Morgan fingerprint density at radius 3 is 2.15 bits per heavy atom. The number of halogens is 2. The van der Waals surface area contributed by atoms with Crippen molar-refractivity contribution >= 4 is 40.7 Å². The van der Waals surface area contributed by atoms with Crippen LogP contribution in [0.25, 0.3) is 0 Å². The summed E-state index contributed by atoms with van der Waals surface area (Å²) < 4.78 is 45.1. The van der Waals surface area contributed by atoms with Gasteiger partial charge in [0.05, 0.1) is 18.8 Å². The Morgan fingerprint density at radius 2 is 1.62 bits per heavy atom. The first-order valence-electron chi connectivity index (χ1n) is 13.0. The number of nitrogens with zero attached hydrogens (tertiary/aromatic N) is 3. The molecule has 10 nitrogen and oxygen atoms in total. The van der Waals surface area contributed by atoms with Crippen LogP contribution in [-0.2, 0) is 24.5 Å². The van der Waals surface area contributed by atoms with E-state index in [0.717, 1.165) is 17.8 Å². The quantitative estimate of drug-likeness (QED) is 0.500. The number of anilines is 1. The van der Waals surface area contributed by atoms with Crippen molar-refractivity contribution in [2.75, 3.05) is 32.0 Å². The third-order valence-corrected chi connectivity index (χ3v) is 8.24. The summed E-state index contributed by atoms with van der Waals surface area (Å²) in [5, 5.41) is -0.219. The number of carbonyl (C=O) groups is 3. The van der Waals surface area contributed by atoms with E-state index in [1.54, 1.807) is 53.4 Å². The molecule has 0 spiro atoms. The average Bonchev–Trinajstić information content (AvgIpc) is 3.56. The molecular formula is C27H36F2N4O6S. The molecule has 1 aromatic carbocycles. The van der Waals surface area contributed by atoms with Crippen molar-refractivity contribution in [3.63, 3.8) is 0 Å². The molecule has 3 atom stereocenters. The van der Waals surface area contributed by atoms with E-state index in [4.69, 9.17) is 19.9 Å². The fraction of sp³-hybridized carbons (Fsp3) is 0.630. The maximum atomic E-state index is 15.4. The van der Waals surface area contributed by atoms with Crippen molar-refractivity contribution in [1.29, 1.82) is 0 Å². The summed E-state index contributed by atoms with van der Waals surface area (Å²) >= 11 is 0.932. The van der Waals surface area contributed by atoms with E-state index < -0.39 is 51.2 Å². The van der Waals surface area contributed by atoms with Crippen LogP contribution in [0.1, 0.15) is 60.5 Å². The van der Waals surface area contributed by atoms with Crippen molar-refractivity contribution in [3.05, 3.63) is 29.3 Å². The van der Waals surface area contributed by atoms with E-state index in [2.05, 4.69) is 4.99 Å². The topological polar surface area (TPSA) is 124 Å². The molecule has 3 aliphatic rings. The number of hydrogen-bond donors (Lipinski definition) is 1. The van der Waals surface area contributed by atoms with E-state index in [0.29, 0.717) is 31.2 Å². The van der Waals surface area contributed by atoms with Crippen molar-refractivity contribution in [1.82, 2.24) is 9.80 Å². The molecule has 2 heterocycles. The van der Waals surface area contributed by atoms with Crippen molar-refractivity contribution in [2.45, 2.75) is 76.4 Å². The van der Waals surface area contributed by atoms with Gasteiger partial charge >= 0.3 is 12.2 Å². The van der Waals surface area contributed by atoms with Crippen LogP contribution in [0, 0.1) is 17.6 Å². The lowest BCUT2D eigenvalue weighted by Gasteiger charge is -2.39. The minimum Gasteiger partial charge on any atom is -0.443 e. The molecule has 1 unspecified atom stereocenters. The zero-order valence-corrected chi connectivity index (χ0v) is 24.6. The molecule has 4 rings (SSSR count). The van der Waals surface area contributed by atoms with Gasteiger partial charge in [0.2, 0.25) is 5.91 Å². The number of fused-ring (bicyclic) bond motifs is 1. The van der Waals surface area contributed by atoms with Gasteiger partial charge < -0.3 is 24.8 Å². The van der Waals surface area contributed by atoms with Crippen molar-refractivity contribution in [2.24, 2.45) is 10.9 Å². The van der Waals surface area contributed by atoms with Gasteiger partial charge in [-0.2, -0.15) is 4.90 Å². The molecule has 40 heavy (non-hydrogen) atoms. The Kier molecular flexibility index (Phi) is 7.63. The monoisotopic (exact) mass is 582 g/mol. The Morgan fingerprint density at radius 1 is 1.07 bits per heavy atom. The van der Waals surface area contributed by atoms with E-state index in [1.165, 1.54) is 6.07 Å². The van der Waals surface area contributed by atoms with Crippen molar-refractivity contribution in [3.8, 4) is 0 Å². The zero-order chi connectivity index (χ0) is 29.8. The first kappa shape index (κ1) is 30.0. The van der Waals surface area contributed by atoms with Gasteiger partial charge in [0.1, 0.15) is 15.9 Å². The number of rotatable bonds is 2. The molecule has 220 valence electrons.